The Hall–Kier alpha value is -1.30. The standard InChI is InChI=1S/C16H31N5O/c1-4-15(22)21-10-8-13(12-21)19-16(17-5-2)18-11-14-7-6-9-20(14)3/h13-14H,4-12H2,1-3H3,(H2,17,18,19). The first kappa shape index (κ1) is 17.1. The van der Waals surface area contributed by atoms with Crippen molar-refractivity contribution in [2.75, 3.05) is 39.8 Å². The molecule has 2 aliphatic rings. The quantitative estimate of drug-likeness (QED) is 0.578. The number of guanidine groups is 1. The Morgan fingerprint density at radius 3 is 2.73 bits per heavy atom. The summed E-state index contributed by atoms with van der Waals surface area (Å²) in [5.41, 5.74) is 0. The molecule has 2 rings (SSSR count). The van der Waals surface area contributed by atoms with Crippen molar-refractivity contribution >= 4 is 11.9 Å². The molecule has 0 aliphatic carbocycles. The lowest BCUT2D eigenvalue weighted by molar-refractivity contribution is -0.129. The highest BCUT2D eigenvalue weighted by Gasteiger charge is 2.26. The zero-order chi connectivity index (χ0) is 15.9. The van der Waals surface area contributed by atoms with E-state index >= 15 is 0 Å². The average Bonchev–Trinajstić information content (AvgIpc) is 3.13. The van der Waals surface area contributed by atoms with E-state index < -0.39 is 0 Å². The van der Waals surface area contributed by atoms with Crippen molar-refractivity contribution in [1.29, 1.82) is 0 Å². The number of nitrogens with one attached hydrogen (secondary N) is 2. The summed E-state index contributed by atoms with van der Waals surface area (Å²) in [5.74, 6) is 1.14. The van der Waals surface area contributed by atoms with Crippen molar-refractivity contribution in [3.05, 3.63) is 0 Å². The molecule has 0 bridgehead atoms. The Morgan fingerprint density at radius 2 is 2.09 bits per heavy atom. The van der Waals surface area contributed by atoms with Crippen LogP contribution in [0, 0.1) is 0 Å². The van der Waals surface area contributed by atoms with Gasteiger partial charge in [-0.05, 0) is 39.8 Å². The lowest BCUT2D eigenvalue weighted by Gasteiger charge is -2.21. The highest BCUT2D eigenvalue weighted by Crippen LogP contribution is 2.15. The number of aliphatic imine (C=N–C) groups is 1. The molecule has 0 aromatic carbocycles. The summed E-state index contributed by atoms with van der Waals surface area (Å²) in [5, 5.41) is 6.81. The molecule has 1 amide bonds. The minimum Gasteiger partial charge on any atom is -0.357 e. The van der Waals surface area contributed by atoms with Crippen LogP contribution in [0.2, 0.25) is 0 Å². The van der Waals surface area contributed by atoms with E-state index in [1.165, 1.54) is 19.4 Å². The Bertz CT molecular complexity index is 398. The fourth-order valence-electron chi connectivity index (χ4n) is 3.25. The summed E-state index contributed by atoms with van der Waals surface area (Å²) < 4.78 is 0. The van der Waals surface area contributed by atoms with E-state index in [-0.39, 0.29) is 5.91 Å². The van der Waals surface area contributed by atoms with Crippen molar-refractivity contribution in [2.24, 2.45) is 4.99 Å². The third-order valence-corrected chi connectivity index (χ3v) is 4.66. The molecule has 0 radical (unpaired) electrons. The maximum absolute atomic E-state index is 11.8. The molecule has 0 aromatic rings. The SMILES string of the molecule is CCNC(=NCC1CCCN1C)NC1CCN(C(=O)CC)C1. The van der Waals surface area contributed by atoms with Gasteiger partial charge >= 0.3 is 0 Å². The second-order valence-corrected chi connectivity index (χ2v) is 6.32. The van der Waals surface area contributed by atoms with E-state index in [2.05, 4.69) is 29.5 Å². The predicted octanol–water partition coefficient (Wildman–Crippen LogP) is 0.647. The van der Waals surface area contributed by atoms with E-state index in [1.807, 2.05) is 11.8 Å². The molecular weight excluding hydrogens is 278 g/mol. The smallest absolute Gasteiger partial charge is 0.222 e. The van der Waals surface area contributed by atoms with Crippen molar-refractivity contribution in [3.63, 3.8) is 0 Å². The second-order valence-electron chi connectivity index (χ2n) is 6.32. The number of likely N-dealkylation sites (N-methyl/N-ethyl adjacent to an activating group) is 1. The summed E-state index contributed by atoms with van der Waals surface area (Å²) in [4.78, 5) is 20.8. The zero-order valence-electron chi connectivity index (χ0n) is 14.3. The Morgan fingerprint density at radius 1 is 1.27 bits per heavy atom. The van der Waals surface area contributed by atoms with Crippen LogP contribution in [0.3, 0.4) is 0 Å². The number of amides is 1. The molecule has 2 aliphatic heterocycles. The summed E-state index contributed by atoms with van der Waals surface area (Å²) in [6.07, 6.45) is 4.10. The molecule has 0 spiro atoms. The number of hydrogen-bond acceptors (Lipinski definition) is 3. The Balaban J connectivity index is 1.84. The van der Waals surface area contributed by atoms with Gasteiger partial charge in [0, 0.05) is 38.1 Å². The molecule has 0 aromatic heterocycles. The third-order valence-electron chi connectivity index (χ3n) is 4.66. The highest BCUT2D eigenvalue weighted by molar-refractivity contribution is 5.80. The molecule has 2 fully saturated rings. The van der Waals surface area contributed by atoms with Gasteiger partial charge in [0.2, 0.25) is 5.91 Å². The summed E-state index contributed by atoms with van der Waals surface area (Å²) in [7, 11) is 2.18. The van der Waals surface area contributed by atoms with E-state index in [9.17, 15) is 4.79 Å². The highest BCUT2D eigenvalue weighted by atomic mass is 16.2. The van der Waals surface area contributed by atoms with Gasteiger partial charge in [0.15, 0.2) is 5.96 Å². The molecular formula is C16H31N5O. The second kappa shape index (κ2) is 8.36. The van der Waals surface area contributed by atoms with E-state index in [0.29, 0.717) is 18.5 Å². The third kappa shape index (κ3) is 4.60. The fourth-order valence-corrected chi connectivity index (χ4v) is 3.25. The monoisotopic (exact) mass is 309 g/mol. The number of rotatable bonds is 5. The van der Waals surface area contributed by atoms with Gasteiger partial charge < -0.3 is 20.4 Å². The molecule has 2 heterocycles. The average molecular weight is 309 g/mol. The number of carbonyl (C=O) groups is 1. The molecule has 22 heavy (non-hydrogen) atoms. The van der Waals surface area contributed by atoms with Crippen molar-refractivity contribution in [2.45, 2.75) is 51.6 Å². The molecule has 2 atom stereocenters. The number of hydrogen-bond donors (Lipinski definition) is 2. The number of nitrogens with zero attached hydrogens (tertiary/aromatic N) is 3. The Kier molecular flexibility index (Phi) is 6.49. The number of likely N-dealkylation sites (tertiary alicyclic amines) is 2. The Labute approximate surface area is 134 Å². The van der Waals surface area contributed by atoms with E-state index in [4.69, 9.17) is 4.99 Å². The van der Waals surface area contributed by atoms with Crippen LogP contribution in [0.25, 0.3) is 0 Å². The fraction of sp³-hybridized carbons (Fsp3) is 0.875. The van der Waals surface area contributed by atoms with Crippen molar-refractivity contribution < 1.29 is 4.79 Å². The molecule has 0 saturated carbocycles. The minimum absolute atomic E-state index is 0.249. The molecule has 6 nitrogen and oxygen atoms in total. The van der Waals surface area contributed by atoms with Gasteiger partial charge in [-0.25, -0.2) is 0 Å². The molecule has 126 valence electrons. The van der Waals surface area contributed by atoms with Crippen LogP contribution in [0.5, 0.6) is 0 Å². The molecule has 6 heteroatoms. The van der Waals surface area contributed by atoms with E-state index in [0.717, 1.165) is 38.6 Å². The van der Waals surface area contributed by atoms with Gasteiger partial charge in [-0.3, -0.25) is 9.79 Å². The first-order valence-electron chi connectivity index (χ1n) is 8.66. The van der Waals surface area contributed by atoms with Gasteiger partial charge in [0.25, 0.3) is 0 Å². The minimum atomic E-state index is 0.249. The predicted molar refractivity (Wildman–Crippen MR) is 90.0 cm³/mol. The first-order valence-corrected chi connectivity index (χ1v) is 8.66. The van der Waals surface area contributed by atoms with E-state index in [1.54, 1.807) is 0 Å². The zero-order valence-corrected chi connectivity index (χ0v) is 14.3. The van der Waals surface area contributed by atoms with Crippen LogP contribution in [0.15, 0.2) is 4.99 Å². The molecule has 2 saturated heterocycles. The first-order chi connectivity index (χ1) is 10.6. The number of carbonyl (C=O) groups excluding carboxylic acids is 1. The van der Waals surface area contributed by atoms with Crippen LogP contribution >= 0.6 is 0 Å². The van der Waals surface area contributed by atoms with Crippen LogP contribution in [-0.4, -0.2) is 73.5 Å². The van der Waals surface area contributed by atoms with Crippen LogP contribution < -0.4 is 10.6 Å². The topological polar surface area (TPSA) is 60.0 Å². The van der Waals surface area contributed by atoms with Gasteiger partial charge in [-0.1, -0.05) is 6.92 Å². The lowest BCUT2D eigenvalue weighted by atomic mass is 10.2. The van der Waals surface area contributed by atoms with Crippen LogP contribution in [0.4, 0.5) is 0 Å². The molecule has 2 N–H and O–H groups in total. The van der Waals surface area contributed by atoms with Crippen LogP contribution in [0.1, 0.15) is 39.5 Å². The summed E-state index contributed by atoms with van der Waals surface area (Å²) in [6.45, 7) is 8.54. The van der Waals surface area contributed by atoms with Gasteiger partial charge in [0.05, 0.1) is 6.54 Å². The normalized spacial score (nSPS) is 26.5. The van der Waals surface area contributed by atoms with Gasteiger partial charge in [-0.15, -0.1) is 0 Å². The van der Waals surface area contributed by atoms with Gasteiger partial charge in [-0.2, -0.15) is 0 Å². The summed E-state index contributed by atoms with van der Waals surface area (Å²) >= 11 is 0. The van der Waals surface area contributed by atoms with Crippen molar-refractivity contribution in [1.82, 2.24) is 20.4 Å². The summed E-state index contributed by atoms with van der Waals surface area (Å²) in [6, 6.07) is 0.881. The largest absolute Gasteiger partial charge is 0.357 e. The van der Waals surface area contributed by atoms with Crippen molar-refractivity contribution in [3.8, 4) is 0 Å². The molecule has 2 unspecified atom stereocenters. The lowest BCUT2D eigenvalue weighted by Crippen LogP contribution is -2.45. The maximum atomic E-state index is 11.8. The maximum Gasteiger partial charge on any atom is 0.222 e. The van der Waals surface area contributed by atoms with Gasteiger partial charge in [0.1, 0.15) is 0 Å². The van der Waals surface area contributed by atoms with Crippen LogP contribution in [-0.2, 0) is 4.79 Å².